The molecule has 1 aromatic carbocycles. The van der Waals surface area contributed by atoms with Crippen molar-refractivity contribution in [3.63, 3.8) is 0 Å². The number of nitrogens with two attached hydrogens (primary N) is 1. The fourth-order valence-corrected chi connectivity index (χ4v) is 2.30. The Morgan fingerprint density at radius 3 is 2.52 bits per heavy atom. The van der Waals surface area contributed by atoms with Gasteiger partial charge in [-0.25, -0.2) is 0 Å². The Bertz CT molecular complexity index is 461. The van der Waals surface area contributed by atoms with Gasteiger partial charge in [0.05, 0.1) is 19.9 Å². The van der Waals surface area contributed by atoms with E-state index in [1.165, 1.54) is 0 Å². The van der Waals surface area contributed by atoms with Gasteiger partial charge in [-0.05, 0) is 36.9 Å². The molecule has 1 amide bonds. The summed E-state index contributed by atoms with van der Waals surface area (Å²) in [7, 11) is 3.15. The minimum Gasteiger partial charge on any atom is -0.497 e. The van der Waals surface area contributed by atoms with Gasteiger partial charge in [0.15, 0.2) is 0 Å². The number of anilines is 1. The fourth-order valence-electron chi connectivity index (χ4n) is 2.30. The molecule has 3 N–H and O–H groups in total. The number of carbonyl (C=O) groups excluding carboxylic acids is 1. The molecule has 0 spiro atoms. The van der Waals surface area contributed by atoms with E-state index in [1.807, 2.05) is 0 Å². The number of benzene rings is 1. The van der Waals surface area contributed by atoms with E-state index >= 15 is 0 Å². The van der Waals surface area contributed by atoms with E-state index in [1.54, 1.807) is 32.4 Å². The number of amides is 1. The Kier molecular flexibility index (Phi) is 7.02. The van der Waals surface area contributed by atoms with Crippen molar-refractivity contribution in [3.8, 4) is 11.5 Å². The van der Waals surface area contributed by atoms with E-state index in [9.17, 15) is 4.79 Å². The molecule has 21 heavy (non-hydrogen) atoms. The minimum atomic E-state index is -0.0577. The van der Waals surface area contributed by atoms with Crippen molar-refractivity contribution in [1.29, 1.82) is 0 Å². The fraction of sp³-hybridized carbons (Fsp3) is 0.562. The first kappa shape index (κ1) is 17.3. The van der Waals surface area contributed by atoms with E-state index in [0.29, 0.717) is 36.1 Å². The van der Waals surface area contributed by atoms with Crippen molar-refractivity contribution >= 4 is 11.6 Å². The highest BCUT2D eigenvalue weighted by molar-refractivity contribution is 5.92. The van der Waals surface area contributed by atoms with Crippen molar-refractivity contribution in [3.05, 3.63) is 18.2 Å². The summed E-state index contributed by atoms with van der Waals surface area (Å²) in [6.45, 7) is 4.78. The topological polar surface area (TPSA) is 73.6 Å². The summed E-state index contributed by atoms with van der Waals surface area (Å²) in [4.78, 5) is 12.2. The second kappa shape index (κ2) is 8.52. The number of ether oxygens (including phenoxy) is 2. The van der Waals surface area contributed by atoms with Crippen LogP contribution in [0.15, 0.2) is 18.2 Å². The summed E-state index contributed by atoms with van der Waals surface area (Å²) in [5.74, 6) is 1.94. The zero-order chi connectivity index (χ0) is 15.8. The normalized spacial score (nSPS) is 12.1. The van der Waals surface area contributed by atoms with Crippen LogP contribution in [0.3, 0.4) is 0 Å². The van der Waals surface area contributed by atoms with Gasteiger partial charge in [0.25, 0.3) is 0 Å². The molecule has 0 radical (unpaired) electrons. The average molecular weight is 294 g/mol. The van der Waals surface area contributed by atoms with Crippen LogP contribution in [0.2, 0.25) is 0 Å². The Balaban J connectivity index is 2.73. The van der Waals surface area contributed by atoms with Crippen molar-refractivity contribution in [2.45, 2.75) is 26.7 Å². The van der Waals surface area contributed by atoms with Gasteiger partial charge in [-0.3, -0.25) is 4.79 Å². The van der Waals surface area contributed by atoms with E-state index in [0.717, 1.165) is 6.42 Å². The first-order chi connectivity index (χ1) is 9.99. The van der Waals surface area contributed by atoms with Gasteiger partial charge >= 0.3 is 0 Å². The number of hydrogen-bond donors (Lipinski definition) is 2. The largest absolute Gasteiger partial charge is 0.497 e. The molecule has 118 valence electrons. The van der Waals surface area contributed by atoms with Crippen LogP contribution in [0.1, 0.15) is 26.7 Å². The van der Waals surface area contributed by atoms with E-state index in [2.05, 4.69) is 19.2 Å². The Hall–Kier alpha value is -1.75. The number of hydrogen-bond acceptors (Lipinski definition) is 4. The van der Waals surface area contributed by atoms with Gasteiger partial charge in [0, 0.05) is 12.5 Å². The van der Waals surface area contributed by atoms with Gasteiger partial charge in [-0.15, -0.1) is 0 Å². The molecule has 1 rings (SSSR count). The first-order valence-corrected chi connectivity index (χ1v) is 7.22. The zero-order valence-corrected chi connectivity index (χ0v) is 13.3. The standard InChI is InChI=1S/C16H26N2O3/c1-11(2)7-12(10-17)8-16(19)18-14-9-13(20-3)5-6-15(14)21-4/h5-6,9,11-12H,7-8,10,17H2,1-4H3,(H,18,19). The molecule has 0 aliphatic carbocycles. The lowest BCUT2D eigenvalue weighted by Crippen LogP contribution is -2.23. The molecule has 0 aliphatic rings. The quantitative estimate of drug-likeness (QED) is 0.773. The predicted octanol–water partition coefficient (Wildman–Crippen LogP) is 2.65. The lowest BCUT2D eigenvalue weighted by molar-refractivity contribution is -0.117. The molecule has 0 saturated carbocycles. The van der Waals surface area contributed by atoms with Crippen LogP contribution in [-0.4, -0.2) is 26.7 Å². The summed E-state index contributed by atoms with van der Waals surface area (Å²) in [6, 6.07) is 5.30. The van der Waals surface area contributed by atoms with Crippen molar-refractivity contribution in [1.82, 2.24) is 0 Å². The molecule has 5 heteroatoms. The van der Waals surface area contributed by atoms with Crippen LogP contribution in [0, 0.1) is 11.8 Å². The Morgan fingerprint density at radius 1 is 1.29 bits per heavy atom. The Labute approximate surface area is 126 Å². The molecule has 0 aromatic heterocycles. The van der Waals surface area contributed by atoms with Gasteiger partial charge in [0.1, 0.15) is 11.5 Å². The molecule has 5 nitrogen and oxygen atoms in total. The summed E-state index contributed by atoms with van der Waals surface area (Å²) >= 11 is 0. The molecule has 0 aliphatic heterocycles. The maximum Gasteiger partial charge on any atom is 0.224 e. The SMILES string of the molecule is COc1ccc(OC)c(NC(=O)CC(CN)CC(C)C)c1. The number of rotatable bonds is 8. The summed E-state index contributed by atoms with van der Waals surface area (Å²) in [6.07, 6.45) is 1.36. The summed E-state index contributed by atoms with van der Waals surface area (Å²) < 4.78 is 10.4. The van der Waals surface area contributed by atoms with Crippen LogP contribution in [0.4, 0.5) is 5.69 Å². The van der Waals surface area contributed by atoms with Crippen molar-refractivity contribution in [2.75, 3.05) is 26.1 Å². The van der Waals surface area contributed by atoms with Gasteiger partial charge in [-0.2, -0.15) is 0 Å². The smallest absolute Gasteiger partial charge is 0.224 e. The molecule has 1 atom stereocenters. The van der Waals surface area contributed by atoms with E-state index < -0.39 is 0 Å². The van der Waals surface area contributed by atoms with Gasteiger partial charge in [-0.1, -0.05) is 13.8 Å². The highest BCUT2D eigenvalue weighted by Crippen LogP contribution is 2.29. The molecule has 1 unspecified atom stereocenters. The maximum absolute atomic E-state index is 12.2. The molecular weight excluding hydrogens is 268 g/mol. The average Bonchev–Trinajstić information content (AvgIpc) is 2.45. The highest BCUT2D eigenvalue weighted by Gasteiger charge is 2.16. The molecule has 0 fully saturated rings. The van der Waals surface area contributed by atoms with Crippen molar-refractivity contribution < 1.29 is 14.3 Å². The third-order valence-corrected chi connectivity index (χ3v) is 3.29. The van der Waals surface area contributed by atoms with E-state index in [4.69, 9.17) is 15.2 Å². The van der Waals surface area contributed by atoms with Gasteiger partial charge in [0.2, 0.25) is 5.91 Å². The maximum atomic E-state index is 12.2. The molecule has 0 saturated heterocycles. The number of methoxy groups -OCH3 is 2. The first-order valence-electron chi connectivity index (χ1n) is 7.22. The minimum absolute atomic E-state index is 0.0577. The lowest BCUT2D eigenvalue weighted by Gasteiger charge is -2.17. The van der Waals surface area contributed by atoms with Crippen LogP contribution in [-0.2, 0) is 4.79 Å². The van der Waals surface area contributed by atoms with Gasteiger partial charge < -0.3 is 20.5 Å². The van der Waals surface area contributed by atoms with Crippen LogP contribution < -0.4 is 20.5 Å². The zero-order valence-electron chi connectivity index (χ0n) is 13.3. The highest BCUT2D eigenvalue weighted by atomic mass is 16.5. The summed E-state index contributed by atoms with van der Waals surface area (Å²) in [5, 5.41) is 2.87. The molecule has 1 aromatic rings. The molecule has 0 bridgehead atoms. The van der Waals surface area contributed by atoms with Crippen LogP contribution >= 0.6 is 0 Å². The van der Waals surface area contributed by atoms with E-state index in [-0.39, 0.29) is 11.8 Å². The monoisotopic (exact) mass is 294 g/mol. The second-order valence-corrected chi connectivity index (χ2v) is 5.55. The lowest BCUT2D eigenvalue weighted by atomic mass is 9.94. The number of nitrogens with one attached hydrogen (secondary N) is 1. The summed E-state index contributed by atoms with van der Waals surface area (Å²) in [5.41, 5.74) is 6.35. The third-order valence-electron chi connectivity index (χ3n) is 3.29. The second-order valence-electron chi connectivity index (χ2n) is 5.55. The molecule has 0 heterocycles. The Morgan fingerprint density at radius 2 is 2.00 bits per heavy atom. The van der Waals surface area contributed by atoms with Crippen LogP contribution in [0.25, 0.3) is 0 Å². The predicted molar refractivity (Wildman–Crippen MR) is 84.8 cm³/mol. The molecular formula is C16H26N2O3. The van der Waals surface area contributed by atoms with Crippen LogP contribution in [0.5, 0.6) is 11.5 Å². The number of carbonyl (C=O) groups is 1. The van der Waals surface area contributed by atoms with Crippen molar-refractivity contribution in [2.24, 2.45) is 17.6 Å². The third kappa shape index (κ3) is 5.63.